The third-order valence-corrected chi connectivity index (χ3v) is 6.45. The van der Waals surface area contributed by atoms with Gasteiger partial charge in [-0.3, -0.25) is 4.79 Å². The van der Waals surface area contributed by atoms with Crippen LogP contribution in [0.4, 0.5) is 9.59 Å². The molecule has 1 aromatic carbocycles. The Morgan fingerprint density at radius 2 is 1.77 bits per heavy atom. The molecule has 2 N–H and O–H groups in total. The van der Waals surface area contributed by atoms with Crippen LogP contribution in [0.15, 0.2) is 30.3 Å². The molecular weight excluding hydrogens is 446 g/mol. The largest absolute Gasteiger partial charge is 0.466 e. The van der Waals surface area contributed by atoms with E-state index in [4.69, 9.17) is 9.47 Å². The molecule has 2 atom stereocenters. The highest BCUT2D eigenvalue weighted by Crippen LogP contribution is 2.49. The maximum absolute atomic E-state index is 12.3. The van der Waals surface area contributed by atoms with Gasteiger partial charge in [-0.25, -0.2) is 9.59 Å². The van der Waals surface area contributed by atoms with Gasteiger partial charge in [-0.2, -0.15) is 0 Å². The van der Waals surface area contributed by atoms with Crippen molar-refractivity contribution < 1.29 is 23.9 Å². The summed E-state index contributed by atoms with van der Waals surface area (Å²) in [4.78, 5) is 38.1. The molecule has 0 radical (unpaired) electrons. The number of nitrogens with one attached hydrogen (secondary N) is 2. The second-order valence-electron chi connectivity index (χ2n) is 10.8. The van der Waals surface area contributed by atoms with Crippen LogP contribution in [0, 0.1) is 16.7 Å². The molecule has 0 aliphatic heterocycles. The first kappa shape index (κ1) is 28.5. The Hall–Kier alpha value is -2.77. The lowest BCUT2D eigenvalue weighted by atomic mass is 9.60. The predicted molar refractivity (Wildman–Crippen MR) is 136 cm³/mol. The van der Waals surface area contributed by atoms with E-state index in [1.54, 1.807) is 11.9 Å². The number of hydrogen-bond donors (Lipinski definition) is 2. The minimum Gasteiger partial charge on any atom is -0.466 e. The number of ether oxygens (including phenoxy) is 2. The summed E-state index contributed by atoms with van der Waals surface area (Å²) in [5.41, 5.74) is 1.01. The molecule has 0 saturated heterocycles. The van der Waals surface area contributed by atoms with Crippen LogP contribution in [0.25, 0.3) is 0 Å². The molecule has 1 saturated carbocycles. The van der Waals surface area contributed by atoms with Crippen molar-refractivity contribution >= 4 is 18.1 Å². The minimum atomic E-state index is -0.451. The average Bonchev–Trinajstić information content (AvgIpc) is 2.78. The lowest BCUT2D eigenvalue weighted by Gasteiger charge is -2.46. The summed E-state index contributed by atoms with van der Waals surface area (Å²) in [6.07, 6.45) is 3.31. The molecule has 0 aromatic heterocycles. The van der Waals surface area contributed by atoms with Crippen molar-refractivity contribution in [2.75, 3.05) is 33.4 Å². The monoisotopic (exact) mass is 489 g/mol. The summed E-state index contributed by atoms with van der Waals surface area (Å²) < 4.78 is 10.5. The van der Waals surface area contributed by atoms with E-state index in [2.05, 4.69) is 31.4 Å². The maximum Gasteiger partial charge on any atom is 0.407 e. The Morgan fingerprint density at radius 3 is 2.46 bits per heavy atom. The summed E-state index contributed by atoms with van der Waals surface area (Å²) in [6.45, 7) is 10.5. The summed E-state index contributed by atoms with van der Waals surface area (Å²) in [7, 11) is 1.72. The molecule has 1 aromatic rings. The van der Waals surface area contributed by atoms with Gasteiger partial charge in [0.25, 0.3) is 0 Å². The van der Waals surface area contributed by atoms with Gasteiger partial charge >= 0.3 is 18.1 Å². The lowest BCUT2D eigenvalue weighted by molar-refractivity contribution is -0.145. The van der Waals surface area contributed by atoms with Crippen LogP contribution in [-0.2, 0) is 20.8 Å². The standard InChI is InChI=1S/C27H43N3O5/c1-6-34-23(31)15-22-16-26(2,3)19-27(4,17-22)20-29-25(33)35-14-10-13-30(5)24(32)28-18-21-11-8-7-9-12-21/h7-9,11-12,22H,6,10,13-20H2,1-5H3,(H,28,32)(H,29,33). The Bertz CT molecular complexity index is 829. The highest BCUT2D eigenvalue weighted by atomic mass is 16.5. The fourth-order valence-corrected chi connectivity index (χ4v) is 5.40. The highest BCUT2D eigenvalue weighted by molar-refractivity contribution is 5.73. The van der Waals surface area contributed by atoms with Crippen LogP contribution < -0.4 is 10.6 Å². The van der Waals surface area contributed by atoms with Crippen molar-refractivity contribution in [2.45, 2.75) is 66.3 Å². The van der Waals surface area contributed by atoms with Gasteiger partial charge in [0.1, 0.15) is 0 Å². The Kier molecular flexibility index (Phi) is 10.9. The first-order valence-corrected chi connectivity index (χ1v) is 12.6. The predicted octanol–water partition coefficient (Wildman–Crippen LogP) is 4.73. The number of carbonyl (C=O) groups excluding carboxylic acids is 3. The molecule has 1 fully saturated rings. The van der Waals surface area contributed by atoms with Gasteiger partial charge in [0.15, 0.2) is 0 Å². The number of rotatable bonds is 11. The molecule has 0 heterocycles. The first-order valence-electron chi connectivity index (χ1n) is 12.6. The van der Waals surface area contributed by atoms with Crippen LogP contribution in [0.5, 0.6) is 0 Å². The number of urea groups is 1. The van der Waals surface area contributed by atoms with Crippen LogP contribution in [0.1, 0.15) is 65.4 Å². The van der Waals surface area contributed by atoms with Crippen LogP contribution in [0.3, 0.4) is 0 Å². The fraction of sp³-hybridized carbons (Fsp3) is 0.667. The van der Waals surface area contributed by atoms with E-state index in [0.717, 1.165) is 24.8 Å². The van der Waals surface area contributed by atoms with Crippen molar-refractivity contribution in [1.29, 1.82) is 0 Å². The van der Waals surface area contributed by atoms with E-state index in [9.17, 15) is 14.4 Å². The van der Waals surface area contributed by atoms with Crippen LogP contribution in [-0.4, -0.2) is 56.3 Å². The molecule has 2 unspecified atom stereocenters. The molecule has 1 aliphatic carbocycles. The number of alkyl carbamates (subject to hydrolysis) is 1. The fourth-order valence-electron chi connectivity index (χ4n) is 5.40. The molecule has 8 nitrogen and oxygen atoms in total. The molecule has 8 heteroatoms. The lowest BCUT2D eigenvalue weighted by Crippen LogP contribution is -2.44. The van der Waals surface area contributed by atoms with Crippen molar-refractivity contribution in [3.05, 3.63) is 35.9 Å². The van der Waals surface area contributed by atoms with Gasteiger partial charge in [0.05, 0.1) is 13.2 Å². The number of hydrogen-bond acceptors (Lipinski definition) is 5. The van der Waals surface area contributed by atoms with Gasteiger partial charge in [-0.15, -0.1) is 0 Å². The molecule has 35 heavy (non-hydrogen) atoms. The van der Waals surface area contributed by atoms with Gasteiger partial charge in [0, 0.05) is 33.1 Å². The van der Waals surface area contributed by atoms with Gasteiger partial charge in [-0.1, -0.05) is 51.1 Å². The third kappa shape index (κ3) is 10.6. The average molecular weight is 490 g/mol. The normalized spacial score (nSPS) is 21.0. The Morgan fingerprint density at radius 1 is 1.06 bits per heavy atom. The Labute approximate surface area is 210 Å². The molecule has 3 amide bonds. The first-order chi connectivity index (χ1) is 16.5. The molecule has 0 bridgehead atoms. The topological polar surface area (TPSA) is 97.0 Å². The van der Waals surface area contributed by atoms with Gasteiger partial charge < -0.3 is 25.0 Å². The molecule has 1 aliphatic rings. The van der Waals surface area contributed by atoms with E-state index in [-0.39, 0.29) is 35.4 Å². The third-order valence-electron chi connectivity index (χ3n) is 6.45. The number of carbonyl (C=O) groups is 3. The quantitative estimate of drug-likeness (QED) is 0.346. The van der Waals surface area contributed by atoms with Crippen LogP contribution >= 0.6 is 0 Å². The summed E-state index contributed by atoms with van der Waals surface area (Å²) in [6, 6.07) is 9.57. The van der Waals surface area contributed by atoms with Gasteiger partial charge in [-0.05, 0) is 54.9 Å². The van der Waals surface area contributed by atoms with Crippen molar-refractivity contribution in [3.8, 4) is 0 Å². The Balaban J connectivity index is 1.68. The van der Waals surface area contributed by atoms with Crippen LogP contribution in [0.2, 0.25) is 0 Å². The number of amides is 3. The van der Waals surface area contributed by atoms with Crippen molar-refractivity contribution in [2.24, 2.45) is 16.7 Å². The second-order valence-corrected chi connectivity index (χ2v) is 10.8. The summed E-state index contributed by atoms with van der Waals surface area (Å²) in [5, 5.41) is 5.78. The molecule has 196 valence electrons. The van der Waals surface area contributed by atoms with Crippen molar-refractivity contribution in [3.63, 3.8) is 0 Å². The molecular formula is C27H43N3O5. The van der Waals surface area contributed by atoms with E-state index < -0.39 is 6.09 Å². The van der Waals surface area contributed by atoms with Crippen molar-refractivity contribution in [1.82, 2.24) is 15.5 Å². The molecule has 0 spiro atoms. The summed E-state index contributed by atoms with van der Waals surface area (Å²) in [5.74, 6) is 0.0906. The van der Waals surface area contributed by atoms with E-state index in [1.807, 2.05) is 37.3 Å². The second kappa shape index (κ2) is 13.4. The van der Waals surface area contributed by atoms with E-state index in [0.29, 0.717) is 39.1 Å². The zero-order valence-electron chi connectivity index (χ0n) is 22.0. The maximum atomic E-state index is 12.3. The zero-order chi connectivity index (χ0) is 25.9. The smallest absolute Gasteiger partial charge is 0.407 e. The highest BCUT2D eigenvalue weighted by Gasteiger charge is 2.42. The van der Waals surface area contributed by atoms with E-state index in [1.165, 1.54) is 0 Å². The molecule has 2 rings (SSSR count). The number of nitrogens with zero attached hydrogens (tertiary/aromatic N) is 1. The minimum absolute atomic E-state index is 0.0847. The summed E-state index contributed by atoms with van der Waals surface area (Å²) >= 11 is 0. The SMILES string of the molecule is CCOC(=O)CC1CC(C)(C)CC(C)(CNC(=O)OCCCN(C)C(=O)NCc2ccccc2)C1. The van der Waals surface area contributed by atoms with Gasteiger partial charge in [0.2, 0.25) is 0 Å². The number of benzene rings is 1. The number of esters is 1. The van der Waals surface area contributed by atoms with E-state index >= 15 is 0 Å². The zero-order valence-corrected chi connectivity index (χ0v) is 22.0.